The first-order valence-electron chi connectivity index (χ1n) is 3.39. The van der Waals surface area contributed by atoms with Crippen molar-refractivity contribution >= 4 is 23.3 Å². The third-order valence-electron chi connectivity index (χ3n) is 1.48. The third-order valence-corrected chi connectivity index (χ3v) is 1.69. The van der Waals surface area contributed by atoms with Crippen molar-refractivity contribution in [2.45, 2.75) is 0 Å². The Hall–Kier alpha value is -1.29. The normalized spacial score (nSPS) is 9.77. The molecule has 0 atom stereocenters. The fraction of sp³-hybridized carbons (Fsp3) is 0.125. The Morgan fingerprint density at radius 2 is 2.23 bits per heavy atom. The molecule has 1 rings (SSSR count). The Balaban J connectivity index is 3.28. The fourth-order valence-corrected chi connectivity index (χ4v) is 1.12. The third kappa shape index (κ3) is 1.89. The van der Waals surface area contributed by atoms with Crippen molar-refractivity contribution in [1.29, 1.82) is 0 Å². The molecule has 0 saturated carbocycles. The molecule has 0 heterocycles. The van der Waals surface area contributed by atoms with Crippen LogP contribution in [-0.2, 0) is 4.74 Å². The molecule has 0 radical (unpaired) electrons. The van der Waals surface area contributed by atoms with Crippen LogP contribution >= 0.6 is 11.6 Å². The molecule has 0 saturated heterocycles. The number of benzene rings is 1. The molecular weight excluding hydrogens is 197 g/mol. The molecule has 1 aromatic rings. The summed E-state index contributed by atoms with van der Waals surface area (Å²) in [5.41, 5.74) is 5.06. The lowest BCUT2D eigenvalue weighted by atomic mass is 10.2. The molecule has 5 heteroatoms. The molecule has 0 amide bonds. The van der Waals surface area contributed by atoms with Crippen LogP contribution in [0.2, 0.25) is 5.02 Å². The summed E-state index contributed by atoms with van der Waals surface area (Å²) in [6.45, 7) is 0. The highest BCUT2D eigenvalue weighted by molar-refractivity contribution is 6.31. The van der Waals surface area contributed by atoms with E-state index in [-0.39, 0.29) is 16.3 Å². The molecule has 0 spiro atoms. The van der Waals surface area contributed by atoms with Gasteiger partial charge >= 0.3 is 5.97 Å². The van der Waals surface area contributed by atoms with Gasteiger partial charge in [0.1, 0.15) is 11.4 Å². The first-order valence-corrected chi connectivity index (χ1v) is 3.77. The number of nitrogens with two attached hydrogens (primary N) is 1. The Morgan fingerprint density at radius 1 is 1.62 bits per heavy atom. The monoisotopic (exact) mass is 203 g/mol. The number of carbonyl (C=O) groups is 1. The number of halogens is 2. The van der Waals surface area contributed by atoms with Crippen LogP contribution in [-0.4, -0.2) is 13.1 Å². The molecule has 0 unspecified atom stereocenters. The van der Waals surface area contributed by atoms with E-state index >= 15 is 0 Å². The summed E-state index contributed by atoms with van der Waals surface area (Å²) in [6, 6.07) is 2.29. The van der Waals surface area contributed by atoms with Crippen molar-refractivity contribution in [1.82, 2.24) is 0 Å². The number of anilines is 1. The zero-order valence-electron chi connectivity index (χ0n) is 6.80. The van der Waals surface area contributed by atoms with Gasteiger partial charge in [-0.25, -0.2) is 9.18 Å². The van der Waals surface area contributed by atoms with Gasteiger partial charge in [0.15, 0.2) is 0 Å². The predicted molar refractivity (Wildman–Crippen MR) is 47.2 cm³/mol. The number of ether oxygens (including phenoxy) is 1. The zero-order chi connectivity index (χ0) is 10.0. The van der Waals surface area contributed by atoms with E-state index < -0.39 is 11.8 Å². The van der Waals surface area contributed by atoms with Crippen LogP contribution in [0.15, 0.2) is 12.1 Å². The molecule has 0 aliphatic rings. The number of carbonyl (C=O) groups excluding carboxylic acids is 1. The smallest absolute Gasteiger partial charge is 0.342 e. The van der Waals surface area contributed by atoms with Gasteiger partial charge in [0, 0.05) is 5.02 Å². The predicted octanol–water partition coefficient (Wildman–Crippen LogP) is 1.85. The van der Waals surface area contributed by atoms with Crippen LogP contribution in [0.3, 0.4) is 0 Å². The number of esters is 1. The molecule has 2 N–H and O–H groups in total. The maximum atomic E-state index is 13.1. The van der Waals surface area contributed by atoms with Crippen molar-refractivity contribution in [2.24, 2.45) is 0 Å². The SMILES string of the molecule is COC(=O)c1c(N)cc(Cl)cc1F. The molecule has 3 nitrogen and oxygen atoms in total. The van der Waals surface area contributed by atoms with E-state index in [1.165, 1.54) is 6.07 Å². The zero-order valence-corrected chi connectivity index (χ0v) is 7.56. The van der Waals surface area contributed by atoms with Crippen LogP contribution in [0.4, 0.5) is 10.1 Å². The van der Waals surface area contributed by atoms with Gasteiger partial charge in [-0.1, -0.05) is 11.6 Å². The van der Waals surface area contributed by atoms with Crippen molar-refractivity contribution in [3.63, 3.8) is 0 Å². The summed E-state index contributed by atoms with van der Waals surface area (Å²) in [5.74, 6) is -1.59. The fourth-order valence-electron chi connectivity index (χ4n) is 0.911. The summed E-state index contributed by atoms with van der Waals surface area (Å²) in [5, 5.41) is 0.141. The summed E-state index contributed by atoms with van der Waals surface area (Å²) in [6.07, 6.45) is 0. The number of hydrogen-bond acceptors (Lipinski definition) is 3. The standard InChI is InChI=1S/C8H7ClFNO2/c1-13-8(12)7-5(10)2-4(9)3-6(7)11/h2-3H,11H2,1H3. The van der Waals surface area contributed by atoms with E-state index in [0.717, 1.165) is 13.2 Å². The topological polar surface area (TPSA) is 52.3 Å². The summed E-state index contributed by atoms with van der Waals surface area (Å²) in [4.78, 5) is 11.0. The molecule has 0 aliphatic heterocycles. The second-order valence-electron chi connectivity index (χ2n) is 2.34. The summed E-state index contributed by atoms with van der Waals surface area (Å²) >= 11 is 5.50. The Bertz CT molecular complexity index is 331. The maximum Gasteiger partial charge on any atom is 0.342 e. The second-order valence-corrected chi connectivity index (χ2v) is 2.78. The first kappa shape index (κ1) is 9.80. The number of nitrogen functional groups attached to an aromatic ring is 1. The number of methoxy groups -OCH3 is 1. The van der Waals surface area contributed by atoms with Gasteiger partial charge in [0.2, 0.25) is 0 Å². The van der Waals surface area contributed by atoms with Crippen LogP contribution in [0.1, 0.15) is 10.4 Å². The molecule has 0 aliphatic carbocycles. The van der Waals surface area contributed by atoms with Gasteiger partial charge in [-0.15, -0.1) is 0 Å². The molecular formula is C8H7ClFNO2. The highest BCUT2D eigenvalue weighted by Crippen LogP contribution is 2.22. The van der Waals surface area contributed by atoms with Crippen LogP contribution < -0.4 is 5.73 Å². The molecule has 70 valence electrons. The average molecular weight is 204 g/mol. The van der Waals surface area contributed by atoms with E-state index in [2.05, 4.69) is 4.74 Å². The highest BCUT2D eigenvalue weighted by atomic mass is 35.5. The summed E-state index contributed by atoms with van der Waals surface area (Å²) in [7, 11) is 1.15. The Morgan fingerprint density at radius 3 is 2.69 bits per heavy atom. The van der Waals surface area contributed by atoms with Gasteiger partial charge in [-0.05, 0) is 12.1 Å². The van der Waals surface area contributed by atoms with Gasteiger partial charge in [-0.2, -0.15) is 0 Å². The van der Waals surface area contributed by atoms with Crippen molar-refractivity contribution in [3.8, 4) is 0 Å². The minimum atomic E-state index is -0.813. The molecule has 0 aromatic heterocycles. The summed E-state index contributed by atoms with van der Waals surface area (Å²) < 4.78 is 17.4. The quantitative estimate of drug-likeness (QED) is 0.560. The van der Waals surface area contributed by atoms with E-state index in [1.54, 1.807) is 0 Å². The minimum absolute atomic E-state index is 0.0307. The van der Waals surface area contributed by atoms with Gasteiger partial charge < -0.3 is 10.5 Å². The van der Waals surface area contributed by atoms with E-state index in [1.807, 2.05) is 0 Å². The van der Waals surface area contributed by atoms with Crippen LogP contribution in [0.25, 0.3) is 0 Å². The minimum Gasteiger partial charge on any atom is -0.465 e. The number of hydrogen-bond donors (Lipinski definition) is 1. The van der Waals surface area contributed by atoms with Gasteiger partial charge in [0.05, 0.1) is 12.8 Å². The van der Waals surface area contributed by atoms with Crippen LogP contribution in [0.5, 0.6) is 0 Å². The number of rotatable bonds is 1. The maximum absolute atomic E-state index is 13.1. The highest BCUT2D eigenvalue weighted by Gasteiger charge is 2.16. The lowest BCUT2D eigenvalue weighted by Gasteiger charge is -2.04. The lowest BCUT2D eigenvalue weighted by molar-refractivity contribution is 0.0597. The van der Waals surface area contributed by atoms with E-state index in [9.17, 15) is 9.18 Å². The molecule has 13 heavy (non-hydrogen) atoms. The van der Waals surface area contributed by atoms with E-state index in [4.69, 9.17) is 17.3 Å². The Labute approximate surface area is 79.2 Å². The molecule has 0 fully saturated rings. The second kappa shape index (κ2) is 3.62. The van der Waals surface area contributed by atoms with Crippen molar-refractivity contribution < 1.29 is 13.9 Å². The first-order chi connectivity index (χ1) is 6.06. The van der Waals surface area contributed by atoms with E-state index in [0.29, 0.717) is 0 Å². The lowest BCUT2D eigenvalue weighted by Crippen LogP contribution is -2.08. The van der Waals surface area contributed by atoms with Crippen molar-refractivity contribution in [2.75, 3.05) is 12.8 Å². The van der Waals surface area contributed by atoms with Gasteiger partial charge in [-0.3, -0.25) is 0 Å². The van der Waals surface area contributed by atoms with Crippen molar-refractivity contribution in [3.05, 3.63) is 28.5 Å². The largest absolute Gasteiger partial charge is 0.465 e. The average Bonchev–Trinajstić information content (AvgIpc) is 2.02. The van der Waals surface area contributed by atoms with Gasteiger partial charge in [0.25, 0.3) is 0 Å². The molecule has 1 aromatic carbocycles. The van der Waals surface area contributed by atoms with Crippen LogP contribution in [0, 0.1) is 5.82 Å². The molecule has 0 bridgehead atoms. The Kier molecular flexibility index (Phi) is 2.72.